The van der Waals surface area contributed by atoms with E-state index in [0.717, 1.165) is 38.3 Å². The number of nitrogens with zero attached hydrogens (tertiary/aromatic N) is 2. The molecule has 0 aliphatic rings. The van der Waals surface area contributed by atoms with E-state index in [1.807, 2.05) is 97.1 Å². The second kappa shape index (κ2) is 14.2. The molecule has 0 unspecified atom stereocenters. The number of benzene rings is 5. The molecule has 46 heavy (non-hydrogen) atoms. The van der Waals surface area contributed by atoms with Crippen LogP contribution in [0.3, 0.4) is 0 Å². The van der Waals surface area contributed by atoms with E-state index in [-0.39, 0.29) is 30.1 Å². The Morgan fingerprint density at radius 2 is 1.30 bits per heavy atom. The molecule has 3 N–H and O–H groups in total. The van der Waals surface area contributed by atoms with Gasteiger partial charge in [0.25, 0.3) is 0 Å². The van der Waals surface area contributed by atoms with E-state index in [1.165, 1.54) is 35.0 Å². The first-order chi connectivity index (χ1) is 22.1. The lowest BCUT2D eigenvalue weighted by atomic mass is 9.98. The molecule has 0 radical (unpaired) electrons. The second-order valence-electron chi connectivity index (χ2n) is 10.8. The smallest absolute Gasteiger partial charge is 0.339 e. The van der Waals surface area contributed by atoms with Crippen LogP contribution in [-0.4, -0.2) is 51.1 Å². The van der Waals surface area contributed by atoms with Gasteiger partial charge in [-0.3, -0.25) is 4.79 Å². The molecule has 0 bridgehead atoms. The van der Waals surface area contributed by atoms with E-state index >= 15 is 0 Å². The molecule has 232 valence electrons. The van der Waals surface area contributed by atoms with Crippen LogP contribution in [0.5, 0.6) is 5.75 Å². The number of aryl methyl sites for hydroxylation is 1. The zero-order chi connectivity index (χ0) is 32.8. The van der Waals surface area contributed by atoms with Crippen LogP contribution in [0.1, 0.15) is 31.8 Å². The predicted molar refractivity (Wildman–Crippen MR) is 180 cm³/mol. The highest BCUT2D eigenvalue weighted by atomic mass is 32.2. The third-order valence-corrected chi connectivity index (χ3v) is 8.34. The molecule has 0 atom stereocenters. The normalized spacial score (nSPS) is 10.9. The molecule has 0 heterocycles. The molecule has 5 aromatic carbocycles. The first kappa shape index (κ1) is 32.0. The molecule has 0 fully saturated rings. The number of carbonyl (C=O) groups excluding carboxylic acids is 1. The van der Waals surface area contributed by atoms with Crippen molar-refractivity contribution in [3.05, 3.63) is 138 Å². The Morgan fingerprint density at radius 3 is 1.89 bits per heavy atom. The van der Waals surface area contributed by atoms with E-state index in [2.05, 4.69) is 0 Å². The molecule has 5 rings (SSSR count). The van der Waals surface area contributed by atoms with Gasteiger partial charge in [0.15, 0.2) is 0 Å². The van der Waals surface area contributed by atoms with Crippen molar-refractivity contribution in [3.63, 3.8) is 0 Å². The van der Waals surface area contributed by atoms with Crippen LogP contribution in [-0.2, 0) is 11.3 Å². The molecule has 0 spiro atoms. The fourth-order valence-electron chi connectivity index (χ4n) is 4.95. The van der Waals surface area contributed by atoms with Gasteiger partial charge in [-0.2, -0.15) is 0 Å². The van der Waals surface area contributed by atoms with Gasteiger partial charge in [0.2, 0.25) is 5.91 Å². The summed E-state index contributed by atoms with van der Waals surface area (Å²) in [6.45, 7) is 2.28. The summed E-state index contributed by atoms with van der Waals surface area (Å²) in [5.41, 5.74) is 6.01. The zero-order valence-electron chi connectivity index (χ0n) is 25.3. The van der Waals surface area contributed by atoms with Crippen LogP contribution in [0.15, 0.2) is 120 Å². The third-order valence-electron chi connectivity index (χ3n) is 7.42. The van der Waals surface area contributed by atoms with Crippen molar-refractivity contribution in [2.24, 2.45) is 0 Å². The fourth-order valence-corrected chi connectivity index (χ4v) is 5.74. The van der Waals surface area contributed by atoms with Crippen LogP contribution in [0, 0.1) is 6.92 Å². The van der Waals surface area contributed by atoms with Gasteiger partial charge < -0.3 is 20.2 Å². The van der Waals surface area contributed by atoms with Crippen LogP contribution >= 0.6 is 11.9 Å². The monoisotopic (exact) mass is 632 g/mol. The number of carboxylic acids is 2. The number of carboxylic acid groups (broad SMARTS) is 2. The van der Waals surface area contributed by atoms with E-state index in [9.17, 15) is 29.7 Å². The SMILES string of the molecule is Cc1ccc(SN(C)CC(=O)N(Cc2ccc(-c3ccc(-c4cccc(C(=O)O)c4)cc3)cc2)c2ccc(C(=O)O)c(O)c2)cc1. The van der Waals surface area contributed by atoms with Crippen molar-refractivity contribution in [1.82, 2.24) is 4.31 Å². The van der Waals surface area contributed by atoms with Gasteiger partial charge in [-0.05, 0) is 90.1 Å². The average molecular weight is 633 g/mol. The molecule has 8 nitrogen and oxygen atoms in total. The quantitative estimate of drug-likeness (QED) is 0.127. The highest BCUT2D eigenvalue weighted by Gasteiger charge is 2.21. The van der Waals surface area contributed by atoms with Gasteiger partial charge in [0, 0.05) is 16.6 Å². The van der Waals surface area contributed by atoms with Gasteiger partial charge in [-0.25, -0.2) is 13.9 Å². The molecule has 1 amide bonds. The Hall–Kier alpha value is -5.38. The maximum Gasteiger partial charge on any atom is 0.339 e. The Balaban J connectivity index is 1.34. The Labute approximate surface area is 271 Å². The summed E-state index contributed by atoms with van der Waals surface area (Å²) < 4.78 is 1.83. The molecular weight excluding hydrogens is 600 g/mol. The van der Waals surface area contributed by atoms with Crippen LogP contribution < -0.4 is 4.90 Å². The summed E-state index contributed by atoms with van der Waals surface area (Å²) in [6, 6.07) is 34.5. The summed E-state index contributed by atoms with van der Waals surface area (Å²) in [5.74, 6) is -2.87. The largest absolute Gasteiger partial charge is 0.507 e. The molecule has 9 heteroatoms. The first-order valence-corrected chi connectivity index (χ1v) is 15.2. The highest BCUT2D eigenvalue weighted by Crippen LogP contribution is 2.29. The van der Waals surface area contributed by atoms with E-state index in [4.69, 9.17) is 0 Å². The minimum atomic E-state index is -1.26. The summed E-state index contributed by atoms with van der Waals surface area (Å²) in [4.78, 5) is 39.0. The van der Waals surface area contributed by atoms with Crippen LogP contribution in [0.2, 0.25) is 0 Å². The topological polar surface area (TPSA) is 118 Å². The number of rotatable bonds is 11. The molecule has 0 aromatic heterocycles. The summed E-state index contributed by atoms with van der Waals surface area (Å²) in [6.07, 6.45) is 0. The van der Waals surface area contributed by atoms with Crippen molar-refractivity contribution in [1.29, 1.82) is 0 Å². The first-order valence-electron chi connectivity index (χ1n) is 14.4. The Kier molecular flexibility index (Phi) is 9.85. The van der Waals surface area contributed by atoms with Crippen molar-refractivity contribution in [2.45, 2.75) is 18.4 Å². The van der Waals surface area contributed by atoms with Crippen molar-refractivity contribution in [3.8, 4) is 28.0 Å². The van der Waals surface area contributed by atoms with Gasteiger partial charge in [0.05, 0.1) is 18.7 Å². The average Bonchev–Trinajstić information content (AvgIpc) is 3.05. The van der Waals surface area contributed by atoms with Gasteiger partial charge in [-0.15, -0.1) is 0 Å². The molecule has 0 saturated heterocycles. The van der Waals surface area contributed by atoms with E-state index < -0.39 is 17.7 Å². The molecule has 0 aliphatic carbocycles. The van der Waals surface area contributed by atoms with Crippen LogP contribution in [0.25, 0.3) is 22.3 Å². The summed E-state index contributed by atoms with van der Waals surface area (Å²) >= 11 is 1.44. The maximum absolute atomic E-state index is 13.7. The summed E-state index contributed by atoms with van der Waals surface area (Å²) in [5, 5.41) is 29.1. The van der Waals surface area contributed by atoms with Gasteiger partial charge in [0.1, 0.15) is 11.3 Å². The van der Waals surface area contributed by atoms with Gasteiger partial charge >= 0.3 is 11.9 Å². The fraction of sp³-hybridized carbons (Fsp3) is 0.108. The lowest BCUT2D eigenvalue weighted by Gasteiger charge is -2.26. The zero-order valence-corrected chi connectivity index (χ0v) is 26.1. The summed E-state index contributed by atoms with van der Waals surface area (Å²) in [7, 11) is 1.83. The Bertz CT molecular complexity index is 1870. The maximum atomic E-state index is 13.7. The van der Waals surface area contributed by atoms with Crippen molar-refractivity contribution in [2.75, 3.05) is 18.5 Å². The molecule has 0 saturated carbocycles. The molecule has 0 aliphatic heterocycles. The highest BCUT2D eigenvalue weighted by molar-refractivity contribution is 7.97. The standard InChI is InChI=1S/C37H32N2O6S/c1-24-6-17-32(18-7-24)46-38(2)23-35(41)39(31-16-19-33(37(44)45)34(40)21-31)22-25-8-10-26(11-9-25)27-12-14-28(15-13-27)29-4-3-5-30(20-29)36(42)43/h3-21,40H,22-23H2,1-2H3,(H,42,43)(H,44,45). The number of carbonyl (C=O) groups is 3. The van der Waals surface area contributed by atoms with Crippen LogP contribution in [0.4, 0.5) is 5.69 Å². The minimum Gasteiger partial charge on any atom is -0.507 e. The van der Waals surface area contributed by atoms with Crippen molar-refractivity contribution >= 4 is 35.5 Å². The number of hydrogen-bond donors (Lipinski definition) is 3. The lowest BCUT2D eigenvalue weighted by molar-refractivity contribution is -0.118. The van der Waals surface area contributed by atoms with E-state index in [0.29, 0.717) is 5.69 Å². The molecule has 5 aromatic rings. The number of anilines is 1. The second-order valence-corrected chi connectivity index (χ2v) is 12.1. The number of aromatic hydroxyl groups is 1. The minimum absolute atomic E-state index is 0.0692. The van der Waals surface area contributed by atoms with E-state index in [1.54, 1.807) is 18.2 Å². The van der Waals surface area contributed by atoms with Gasteiger partial charge in [-0.1, -0.05) is 78.4 Å². The number of phenols is 1. The molecular formula is C37H32N2O6S. The number of aromatic carboxylic acids is 2. The van der Waals surface area contributed by atoms with Crippen molar-refractivity contribution < 1.29 is 29.7 Å². The number of amides is 1. The number of likely N-dealkylation sites (N-methyl/N-ethyl adjacent to an activating group) is 1. The number of hydrogen-bond acceptors (Lipinski definition) is 6. The Morgan fingerprint density at radius 1 is 0.696 bits per heavy atom. The lowest BCUT2D eigenvalue weighted by Crippen LogP contribution is -2.36. The predicted octanol–water partition coefficient (Wildman–Crippen LogP) is 7.60. The third kappa shape index (κ3) is 7.82.